The molecule has 2 aromatic rings. The Balaban J connectivity index is 1.80. The van der Waals surface area contributed by atoms with Gasteiger partial charge < -0.3 is 9.84 Å². The maximum atomic E-state index is 11.8. The smallest absolute Gasteiger partial charge is 0.224 e. The molecule has 0 saturated heterocycles. The predicted molar refractivity (Wildman–Crippen MR) is 74.8 cm³/mol. The number of aromatic nitrogens is 2. The quantitative estimate of drug-likeness (QED) is 0.875. The lowest BCUT2D eigenvalue weighted by atomic mass is 10.1. The molecule has 0 aliphatic heterocycles. The third-order valence-electron chi connectivity index (χ3n) is 2.77. The third kappa shape index (κ3) is 4.50. The number of carbonyl (C=O) groups excluding carboxylic acids is 1. The first-order valence-corrected chi connectivity index (χ1v) is 6.73. The fourth-order valence-corrected chi connectivity index (χ4v) is 1.89. The van der Waals surface area contributed by atoms with Crippen molar-refractivity contribution in [1.82, 2.24) is 15.5 Å². The molecule has 0 saturated carbocycles. The van der Waals surface area contributed by atoms with Gasteiger partial charge in [-0.25, -0.2) is 0 Å². The zero-order valence-corrected chi connectivity index (χ0v) is 11.8. The summed E-state index contributed by atoms with van der Waals surface area (Å²) in [6.07, 6.45) is 4.58. The largest absolute Gasteiger partial charge is 0.359 e. The highest BCUT2D eigenvalue weighted by molar-refractivity contribution is 5.78. The number of amides is 1. The van der Waals surface area contributed by atoms with Crippen LogP contribution in [0.25, 0.3) is 0 Å². The van der Waals surface area contributed by atoms with Gasteiger partial charge in [0.1, 0.15) is 0 Å². The van der Waals surface area contributed by atoms with E-state index in [2.05, 4.69) is 29.3 Å². The van der Waals surface area contributed by atoms with Crippen LogP contribution in [0, 0.1) is 5.92 Å². The van der Waals surface area contributed by atoms with Crippen LogP contribution in [0.3, 0.4) is 0 Å². The van der Waals surface area contributed by atoms with E-state index in [1.807, 2.05) is 18.2 Å². The van der Waals surface area contributed by atoms with E-state index < -0.39 is 0 Å². The second-order valence-corrected chi connectivity index (χ2v) is 5.20. The van der Waals surface area contributed by atoms with Gasteiger partial charge in [-0.15, -0.1) is 0 Å². The number of nitrogens with one attached hydrogen (secondary N) is 1. The van der Waals surface area contributed by atoms with Gasteiger partial charge in [0, 0.05) is 18.5 Å². The van der Waals surface area contributed by atoms with Crippen LogP contribution in [-0.2, 0) is 24.2 Å². The third-order valence-corrected chi connectivity index (χ3v) is 2.77. The van der Waals surface area contributed by atoms with Crippen molar-refractivity contribution in [3.8, 4) is 0 Å². The molecule has 0 aliphatic rings. The molecular formula is C15H19N3O2. The molecule has 2 rings (SSSR count). The molecule has 0 spiro atoms. The number of rotatable bonds is 6. The van der Waals surface area contributed by atoms with Crippen molar-refractivity contribution in [2.75, 3.05) is 0 Å². The van der Waals surface area contributed by atoms with Crippen molar-refractivity contribution >= 4 is 5.91 Å². The van der Waals surface area contributed by atoms with Crippen LogP contribution < -0.4 is 5.32 Å². The van der Waals surface area contributed by atoms with E-state index in [9.17, 15) is 4.79 Å². The molecule has 5 heteroatoms. The highest BCUT2D eigenvalue weighted by Crippen LogP contribution is 2.09. The van der Waals surface area contributed by atoms with Crippen molar-refractivity contribution in [2.45, 2.75) is 33.2 Å². The van der Waals surface area contributed by atoms with Gasteiger partial charge in [0.15, 0.2) is 5.76 Å². The van der Waals surface area contributed by atoms with Gasteiger partial charge in [0.05, 0.1) is 18.7 Å². The zero-order valence-electron chi connectivity index (χ0n) is 11.8. The summed E-state index contributed by atoms with van der Waals surface area (Å²) in [6, 6.07) is 5.59. The van der Waals surface area contributed by atoms with Crippen LogP contribution in [-0.4, -0.2) is 16.0 Å². The van der Waals surface area contributed by atoms with E-state index in [-0.39, 0.29) is 5.91 Å². The standard InChI is InChI=1S/C15H19N3O2/c1-11(2)6-13-8-14(20-18-13)10-17-15(19)7-12-4-3-5-16-9-12/h3-5,8-9,11H,6-7,10H2,1-2H3,(H,17,19). The molecule has 2 aromatic heterocycles. The Labute approximate surface area is 118 Å². The Kier molecular flexibility index (Phi) is 4.87. The summed E-state index contributed by atoms with van der Waals surface area (Å²) < 4.78 is 5.19. The fraction of sp³-hybridized carbons (Fsp3) is 0.400. The van der Waals surface area contributed by atoms with Crippen molar-refractivity contribution < 1.29 is 9.32 Å². The van der Waals surface area contributed by atoms with Crippen LogP contribution in [0.5, 0.6) is 0 Å². The van der Waals surface area contributed by atoms with Crippen LogP contribution in [0.1, 0.15) is 30.9 Å². The lowest BCUT2D eigenvalue weighted by Crippen LogP contribution is -2.24. The van der Waals surface area contributed by atoms with E-state index in [0.717, 1.165) is 17.7 Å². The summed E-state index contributed by atoms with van der Waals surface area (Å²) in [5, 5.41) is 6.80. The van der Waals surface area contributed by atoms with Crippen molar-refractivity contribution in [2.24, 2.45) is 5.92 Å². The normalized spacial score (nSPS) is 10.8. The maximum absolute atomic E-state index is 11.8. The Morgan fingerprint density at radius 2 is 2.30 bits per heavy atom. The van der Waals surface area contributed by atoms with E-state index in [4.69, 9.17) is 4.52 Å². The minimum Gasteiger partial charge on any atom is -0.359 e. The molecule has 5 nitrogen and oxygen atoms in total. The Morgan fingerprint density at radius 3 is 3.00 bits per heavy atom. The fourth-order valence-electron chi connectivity index (χ4n) is 1.89. The van der Waals surface area contributed by atoms with E-state index in [1.54, 1.807) is 12.4 Å². The molecule has 0 radical (unpaired) electrons. The van der Waals surface area contributed by atoms with Gasteiger partial charge in [-0.1, -0.05) is 25.1 Å². The number of nitrogens with zero attached hydrogens (tertiary/aromatic N) is 2. The second kappa shape index (κ2) is 6.84. The lowest BCUT2D eigenvalue weighted by Gasteiger charge is -2.02. The summed E-state index contributed by atoms with van der Waals surface area (Å²) in [5.41, 5.74) is 1.82. The molecule has 1 N–H and O–H groups in total. The number of carbonyl (C=O) groups is 1. The monoisotopic (exact) mass is 273 g/mol. The molecular weight excluding hydrogens is 254 g/mol. The van der Waals surface area contributed by atoms with E-state index in [0.29, 0.717) is 24.6 Å². The van der Waals surface area contributed by atoms with Gasteiger partial charge in [-0.2, -0.15) is 0 Å². The first kappa shape index (κ1) is 14.2. The summed E-state index contributed by atoms with van der Waals surface area (Å²) in [4.78, 5) is 15.7. The minimum atomic E-state index is -0.0557. The van der Waals surface area contributed by atoms with Gasteiger partial charge in [0.25, 0.3) is 0 Å². The lowest BCUT2D eigenvalue weighted by molar-refractivity contribution is -0.120. The molecule has 0 bridgehead atoms. The summed E-state index contributed by atoms with van der Waals surface area (Å²) in [6.45, 7) is 4.62. The summed E-state index contributed by atoms with van der Waals surface area (Å²) in [7, 11) is 0. The second-order valence-electron chi connectivity index (χ2n) is 5.20. The van der Waals surface area contributed by atoms with Gasteiger partial charge in [-0.3, -0.25) is 9.78 Å². The van der Waals surface area contributed by atoms with Gasteiger partial charge in [0.2, 0.25) is 5.91 Å². The molecule has 0 atom stereocenters. The zero-order chi connectivity index (χ0) is 14.4. The number of pyridine rings is 1. The van der Waals surface area contributed by atoms with Crippen LogP contribution in [0.15, 0.2) is 35.1 Å². The van der Waals surface area contributed by atoms with Gasteiger partial charge >= 0.3 is 0 Å². The Hall–Kier alpha value is -2.17. The molecule has 1 amide bonds. The molecule has 106 valence electrons. The maximum Gasteiger partial charge on any atom is 0.224 e. The van der Waals surface area contributed by atoms with Crippen molar-refractivity contribution in [3.63, 3.8) is 0 Å². The molecule has 2 heterocycles. The predicted octanol–water partition coefficient (Wildman–Crippen LogP) is 2.13. The van der Waals surface area contributed by atoms with Crippen LogP contribution in [0.4, 0.5) is 0 Å². The van der Waals surface area contributed by atoms with Crippen LogP contribution in [0.2, 0.25) is 0 Å². The molecule has 0 aromatic carbocycles. The first-order chi connectivity index (χ1) is 9.63. The first-order valence-electron chi connectivity index (χ1n) is 6.73. The van der Waals surface area contributed by atoms with Gasteiger partial charge in [-0.05, 0) is 24.0 Å². The summed E-state index contributed by atoms with van der Waals surface area (Å²) >= 11 is 0. The number of hydrogen-bond acceptors (Lipinski definition) is 4. The highest BCUT2D eigenvalue weighted by atomic mass is 16.5. The average Bonchev–Trinajstić information content (AvgIpc) is 2.84. The molecule has 20 heavy (non-hydrogen) atoms. The van der Waals surface area contributed by atoms with Crippen LogP contribution >= 0.6 is 0 Å². The topological polar surface area (TPSA) is 68.0 Å². The van der Waals surface area contributed by atoms with E-state index in [1.165, 1.54) is 0 Å². The van der Waals surface area contributed by atoms with E-state index >= 15 is 0 Å². The van der Waals surface area contributed by atoms with Crippen molar-refractivity contribution in [1.29, 1.82) is 0 Å². The molecule has 0 fully saturated rings. The summed E-state index contributed by atoms with van der Waals surface area (Å²) in [5.74, 6) is 1.16. The highest BCUT2D eigenvalue weighted by Gasteiger charge is 2.08. The SMILES string of the molecule is CC(C)Cc1cc(CNC(=O)Cc2cccnc2)on1. The number of hydrogen-bond donors (Lipinski definition) is 1. The average molecular weight is 273 g/mol. The van der Waals surface area contributed by atoms with Crippen molar-refractivity contribution in [3.05, 3.63) is 47.6 Å². The molecule has 0 unspecified atom stereocenters. The Morgan fingerprint density at radius 1 is 1.45 bits per heavy atom. The Bertz CT molecular complexity index is 549. The molecule has 0 aliphatic carbocycles. The minimum absolute atomic E-state index is 0.0557.